The van der Waals surface area contributed by atoms with E-state index in [2.05, 4.69) is 5.32 Å². The van der Waals surface area contributed by atoms with Gasteiger partial charge >= 0.3 is 0 Å². The molecule has 166 valence electrons. The van der Waals surface area contributed by atoms with Gasteiger partial charge in [-0.2, -0.15) is 4.31 Å². The quantitative estimate of drug-likeness (QED) is 0.612. The highest BCUT2D eigenvalue weighted by Gasteiger charge is 2.37. The number of carbonyl (C=O) groups excluding carboxylic acids is 1. The molecule has 0 aliphatic carbocycles. The van der Waals surface area contributed by atoms with Crippen molar-refractivity contribution in [2.75, 3.05) is 6.54 Å². The van der Waals surface area contributed by atoms with Gasteiger partial charge in [0.1, 0.15) is 0 Å². The van der Waals surface area contributed by atoms with Crippen molar-refractivity contribution >= 4 is 15.9 Å². The Hall–Kier alpha value is -2.96. The highest BCUT2D eigenvalue weighted by molar-refractivity contribution is 7.89. The van der Waals surface area contributed by atoms with E-state index in [4.69, 9.17) is 0 Å². The van der Waals surface area contributed by atoms with Gasteiger partial charge in [-0.3, -0.25) is 4.79 Å². The summed E-state index contributed by atoms with van der Waals surface area (Å²) in [6.07, 6.45) is 0.705. The van der Waals surface area contributed by atoms with Crippen molar-refractivity contribution in [3.05, 3.63) is 101 Å². The Labute approximate surface area is 190 Å². The van der Waals surface area contributed by atoms with E-state index < -0.39 is 16.1 Å². The normalized spacial score (nSPS) is 16.4. The fourth-order valence-corrected chi connectivity index (χ4v) is 5.83. The maximum Gasteiger partial charge on any atom is 0.243 e. The van der Waals surface area contributed by atoms with E-state index in [1.807, 2.05) is 62.4 Å². The summed E-state index contributed by atoms with van der Waals surface area (Å²) in [5.41, 5.74) is 5.16. The van der Waals surface area contributed by atoms with Crippen LogP contribution in [0.15, 0.2) is 77.7 Å². The molecule has 6 heteroatoms. The molecule has 0 aromatic heterocycles. The highest BCUT2D eigenvalue weighted by Crippen LogP contribution is 2.36. The average Bonchev–Trinajstić information content (AvgIpc) is 2.79. The molecule has 1 aliphatic rings. The average molecular weight is 449 g/mol. The Morgan fingerprint density at radius 2 is 1.66 bits per heavy atom. The molecule has 4 rings (SSSR count). The van der Waals surface area contributed by atoms with Gasteiger partial charge in [0.2, 0.25) is 15.9 Å². The molecular formula is C26H28N2O3S. The summed E-state index contributed by atoms with van der Waals surface area (Å²) in [5.74, 6) is -0.168. The van der Waals surface area contributed by atoms with Gasteiger partial charge < -0.3 is 5.32 Å². The van der Waals surface area contributed by atoms with E-state index in [1.54, 1.807) is 24.3 Å². The second-order valence-electron chi connectivity index (χ2n) is 8.30. The fourth-order valence-electron chi connectivity index (χ4n) is 4.22. The molecule has 1 N–H and O–H groups in total. The third kappa shape index (κ3) is 4.61. The molecule has 5 nitrogen and oxygen atoms in total. The highest BCUT2D eigenvalue weighted by atomic mass is 32.2. The lowest BCUT2D eigenvalue weighted by Crippen LogP contribution is -2.42. The van der Waals surface area contributed by atoms with E-state index in [0.717, 1.165) is 27.8 Å². The van der Waals surface area contributed by atoms with Gasteiger partial charge in [-0.15, -0.1) is 0 Å². The summed E-state index contributed by atoms with van der Waals surface area (Å²) in [6, 6.07) is 22.1. The molecule has 32 heavy (non-hydrogen) atoms. The lowest BCUT2D eigenvalue weighted by molar-refractivity contribution is -0.122. The fraction of sp³-hybridized carbons (Fsp3) is 0.269. The number of benzene rings is 3. The van der Waals surface area contributed by atoms with E-state index in [0.29, 0.717) is 19.5 Å². The largest absolute Gasteiger partial charge is 0.352 e. The Morgan fingerprint density at radius 1 is 0.969 bits per heavy atom. The molecule has 0 fully saturated rings. The number of nitrogens with zero attached hydrogens (tertiary/aromatic N) is 1. The third-order valence-corrected chi connectivity index (χ3v) is 8.03. The molecule has 1 aliphatic heterocycles. The maximum atomic E-state index is 13.5. The number of hydrogen-bond donors (Lipinski definition) is 1. The minimum atomic E-state index is -3.74. The Bertz CT molecular complexity index is 1220. The molecule has 0 unspecified atom stereocenters. The van der Waals surface area contributed by atoms with Crippen LogP contribution in [0.2, 0.25) is 0 Å². The molecule has 1 heterocycles. The van der Waals surface area contributed by atoms with Crippen LogP contribution in [-0.2, 0) is 27.8 Å². The van der Waals surface area contributed by atoms with E-state index in [1.165, 1.54) is 4.31 Å². The first kappa shape index (κ1) is 22.2. The van der Waals surface area contributed by atoms with Gasteiger partial charge in [0.05, 0.1) is 10.9 Å². The van der Waals surface area contributed by atoms with Crippen molar-refractivity contribution in [2.24, 2.45) is 0 Å². The molecule has 0 saturated carbocycles. The minimum Gasteiger partial charge on any atom is -0.352 e. The van der Waals surface area contributed by atoms with Crippen molar-refractivity contribution in [1.29, 1.82) is 0 Å². The monoisotopic (exact) mass is 448 g/mol. The zero-order valence-corrected chi connectivity index (χ0v) is 19.2. The predicted molar refractivity (Wildman–Crippen MR) is 126 cm³/mol. The van der Waals surface area contributed by atoms with Crippen LogP contribution in [0.1, 0.15) is 40.3 Å². The van der Waals surface area contributed by atoms with Crippen LogP contribution >= 0.6 is 0 Å². The van der Waals surface area contributed by atoms with Crippen LogP contribution in [0.4, 0.5) is 0 Å². The number of sulfonamides is 1. The van der Waals surface area contributed by atoms with Crippen LogP contribution in [-0.4, -0.2) is 25.2 Å². The summed E-state index contributed by atoms with van der Waals surface area (Å²) < 4.78 is 28.5. The van der Waals surface area contributed by atoms with E-state index in [-0.39, 0.29) is 17.2 Å². The van der Waals surface area contributed by atoms with Gasteiger partial charge in [0.15, 0.2) is 0 Å². The second kappa shape index (κ2) is 9.27. The van der Waals surface area contributed by atoms with Crippen LogP contribution in [0, 0.1) is 13.8 Å². The van der Waals surface area contributed by atoms with Crippen LogP contribution in [0.25, 0.3) is 0 Å². The molecule has 0 bridgehead atoms. The predicted octanol–water partition coefficient (Wildman–Crippen LogP) is 4.30. The number of nitrogens with one attached hydrogen (secondary N) is 1. The van der Waals surface area contributed by atoms with Crippen molar-refractivity contribution in [3.8, 4) is 0 Å². The Balaban J connectivity index is 1.60. The Morgan fingerprint density at radius 3 is 2.41 bits per heavy atom. The molecular weight excluding hydrogens is 420 g/mol. The molecule has 0 spiro atoms. The molecule has 1 amide bonds. The topological polar surface area (TPSA) is 66.5 Å². The first-order valence-corrected chi connectivity index (χ1v) is 12.3. The van der Waals surface area contributed by atoms with E-state index in [9.17, 15) is 13.2 Å². The number of fused-ring (bicyclic) bond motifs is 1. The van der Waals surface area contributed by atoms with Gasteiger partial charge in [0.25, 0.3) is 0 Å². The zero-order chi connectivity index (χ0) is 22.7. The Kier molecular flexibility index (Phi) is 6.44. The lowest BCUT2D eigenvalue weighted by Gasteiger charge is -2.36. The summed E-state index contributed by atoms with van der Waals surface area (Å²) in [6.45, 7) is 4.71. The smallest absolute Gasteiger partial charge is 0.243 e. The third-order valence-electron chi connectivity index (χ3n) is 6.11. The van der Waals surface area contributed by atoms with E-state index >= 15 is 0 Å². The lowest BCUT2D eigenvalue weighted by atomic mass is 9.92. The van der Waals surface area contributed by atoms with Gasteiger partial charge in [-0.1, -0.05) is 66.2 Å². The van der Waals surface area contributed by atoms with Crippen molar-refractivity contribution in [1.82, 2.24) is 9.62 Å². The molecule has 0 saturated heterocycles. The summed E-state index contributed by atoms with van der Waals surface area (Å²) >= 11 is 0. The van der Waals surface area contributed by atoms with Crippen molar-refractivity contribution in [2.45, 2.75) is 44.2 Å². The van der Waals surface area contributed by atoms with Crippen LogP contribution < -0.4 is 5.32 Å². The molecule has 3 aromatic rings. The second-order valence-corrected chi connectivity index (χ2v) is 10.2. The first-order chi connectivity index (χ1) is 15.4. The van der Waals surface area contributed by atoms with Gasteiger partial charge in [0, 0.05) is 19.5 Å². The number of amides is 1. The van der Waals surface area contributed by atoms with Crippen molar-refractivity contribution in [3.63, 3.8) is 0 Å². The minimum absolute atomic E-state index is 0.0774. The zero-order valence-electron chi connectivity index (χ0n) is 18.4. The summed E-state index contributed by atoms with van der Waals surface area (Å²) in [4.78, 5) is 13.2. The standard InChI is InChI=1S/C26H28N2O3S/c1-19-11-13-23(14-12-19)32(30,31)28-16-15-21-8-5-6-10-24(21)25(28)17-26(29)27-18-22-9-4-3-7-20(22)2/h3-14,25H,15-18H2,1-2H3,(H,27,29)/t25-/m0/s1. The van der Waals surface area contributed by atoms with Crippen molar-refractivity contribution < 1.29 is 13.2 Å². The SMILES string of the molecule is Cc1ccc(S(=O)(=O)N2CCc3ccccc3[C@@H]2CC(=O)NCc2ccccc2C)cc1. The maximum absolute atomic E-state index is 13.5. The van der Waals surface area contributed by atoms with Gasteiger partial charge in [-0.05, 0) is 54.7 Å². The summed E-state index contributed by atoms with van der Waals surface area (Å²) in [5, 5.41) is 2.98. The number of carbonyl (C=O) groups is 1. The van der Waals surface area contributed by atoms with Gasteiger partial charge in [-0.25, -0.2) is 8.42 Å². The summed E-state index contributed by atoms with van der Waals surface area (Å²) in [7, 11) is -3.74. The molecule has 3 aromatic carbocycles. The number of hydrogen-bond acceptors (Lipinski definition) is 3. The molecule has 0 radical (unpaired) electrons. The number of aryl methyl sites for hydroxylation is 2. The number of rotatable bonds is 6. The van der Waals surface area contributed by atoms with Crippen LogP contribution in [0.3, 0.4) is 0 Å². The first-order valence-electron chi connectivity index (χ1n) is 10.8. The molecule has 1 atom stereocenters. The van der Waals surface area contributed by atoms with Crippen LogP contribution in [0.5, 0.6) is 0 Å².